The van der Waals surface area contributed by atoms with Gasteiger partial charge in [0.2, 0.25) is 12.7 Å². The highest BCUT2D eigenvalue weighted by Gasteiger charge is 2.26. The molecule has 2 aromatic rings. The molecule has 0 aromatic heterocycles. The number of ether oxygens (including phenoxy) is 3. The summed E-state index contributed by atoms with van der Waals surface area (Å²) in [6.45, 7) is 0.156. The fourth-order valence-electron chi connectivity index (χ4n) is 2.30. The number of carbonyl (C=O) groups is 1. The Labute approximate surface area is 130 Å². The summed E-state index contributed by atoms with van der Waals surface area (Å²) in [7, 11) is 0. The number of rotatable bonds is 2. The number of hydrogen-bond acceptors (Lipinski definition) is 5. The molecule has 4 rings (SSSR count). The largest absolute Gasteiger partial charge is 0.454 e. The number of fused-ring (bicyclic) bond motifs is 1. The highest BCUT2D eigenvalue weighted by Crippen LogP contribution is 2.33. The number of benzene rings is 2. The average Bonchev–Trinajstić information content (AvgIpc) is 3.16. The van der Waals surface area contributed by atoms with Gasteiger partial charge in [0.15, 0.2) is 17.2 Å². The van der Waals surface area contributed by atoms with Gasteiger partial charge in [-0.05, 0) is 30.3 Å². The number of esters is 1. The summed E-state index contributed by atoms with van der Waals surface area (Å²) < 4.78 is 29.3. The molecule has 0 bridgehead atoms. The van der Waals surface area contributed by atoms with Gasteiger partial charge in [0, 0.05) is 11.1 Å². The molecule has 0 aliphatic carbocycles. The molecule has 0 unspecified atom stereocenters. The number of hydrogen-bond donors (Lipinski definition) is 0. The number of nitrogens with zero attached hydrogens (tertiary/aromatic N) is 1. The minimum Gasteiger partial charge on any atom is -0.454 e. The third-order valence-corrected chi connectivity index (χ3v) is 3.44. The van der Waals surface area contributed by atoms with Gasteiger partial charge in [0.05, 0.1) is 0 Å². The quantitative estimate of drug-likeness (QED) is 0.632. The van der Waals surface area contributed by atoms with Gasteiger partial charge in [-0.25, -0.2) is 14.2 Å². The molecule has 2 heterocycles. The Morgan fingerprint density at radius 3 is 2.78 bits per heavy atom. The SMILES string of the molecule is O=C1OC(c2ccc3c(c2)OCO3)=NC1=Cc1ccccc1F. The van der Waals surface area contributed by atoms with Crippen LogP contribution in [-0.4, -0.2) is 18.7 Å². The molecule has 0 saturated carbocycles. The van der Waals surface area contributed by atoms with E-state index in [1.54, 1.807) is 36.4 Å². The molecule has 0 radical (unpaired) electrons. The van der Waals surface area contributed by atoms with E-state index in [0.717, 1.165) is 0 Å². The van der Waals surface area contributed by atoms with Gasteiger partial charge in [0.1, 0.15) is 5.82 Å². The van der Waals surface area contributed by atoms with Crippen LogP contribution in [0.4, 0.5) is 4.39 Å². The van der Waals surface area contributed by atoms with Crippen LogP contribution in [0.5, 0.6) is 11.5 Å². The van der Waals surface area contributed by atoms with Crippen LogP contribution in [0.2, 0.25) is 0 Å². The first-order valence-electron chi connectivity index (χ1n) is 6.88. The standard InChI is InChI=1S/C17H10FNO4/c18-12-4-2-1-3-10(12)7-13-17(20)23-16(19-13)11-5-6-14-15(8-11)22-9-21-14/h1-8H,9H2. The van der Waals surface area contributed by atoms with E-state index in [1.807, 2.05) is 0 Å². The van der Waals surface area contributed by atoms with E-state index in [1.165, 1.54) is 12.1 Å². The summed E-state index contributed by atoms with van der Waals surface area (Å²) in [4.78, 5) is 16.1. The van der Waals surface area contributed by atoms with E-state index in [9.17, 15) is 9.18 Å². The van der Waals surface area contributed by atoms with Crippen molar-refractivity contribution >= 4 is 17.9 Å². The van der Waals surface area contributed by atoms with Gasteiger partial charge in [-0.15, -0.1) is 0 Å². The highest BCUT2D eigenvalue weighted by molar-refractivity contribution is 6.13. The van der Waals surface area contributed by atoms with Crippen molar-refractivity contribution < 1.29 is 23.4 Å². The summed E-state index contributed by atoms with van der Waals surface area (Å²) in [5.74, 6) is 0.282. The Morgan fingerprint density at radius 2 is 1.91 bits per heavy atom. The molecule has 0 fully saturated rings. The van der Waals surface area contributed by atoms with Crippen LogP contribution in [0.1, 0.15) is 11.1 Å². The second-order valence-corrected chi connectivity index (χ2v) is 4.93. The summed E-state index contributed by atoms with van der Waals surface area (Å²) in [5, 5.41) is 0. The van der Waals surface area contributed by atoms with Crippen LogP contribution in [0.15, 0.2) is 53.2 Å². The fraction of sp³-hybridized carbons (Fsp3) is 0.0588. The van der Waals surface area contributed by atoms with Crippen molar-refractivity contribution in [3.8, 4) is 11.5 Å². The van der Waals surface area contributed by atoms with Gasteiger partial charge in [-0.3, -0.25) is 0 Å². The number of cyclic esters (lactones) is 1. The summed E-state index contributed by atoms with van der Waals surface area (Å²) >= 11 is 0. The second kappa shape index (κ2) is 5.24. The molecule has 0 spiro atoms. The van der Waals surface area contributed by atoms with E-state index >= 15 is 0 Å². The lowest BCUT2D eigenvalue weighted by atomic mass is 10.2. The lowest BCUT2D eigenvalue weighted by molar-refractivity contribution is -0.129. The van der Waals surface area contributed by atoms with Crippen molar-refractivity contribution in [2.45, 2.75) is 0 Å². The van der Waals surface area contributed by atoms with E-state index in [2.05, 4.69) is 4.99 Å². The van der Waals surface area contributed by atoms with Gasteiger partial charge < -0.3 is 14.2 Å². The van der Waals surface area contributed by atoms with Crippen molar-refractivity contribution in [1.82, 2.24) is 0 Å². The zero-order chi connectivity index (χ0) is 15.8. The molecule has 5 nitrogen and oxygen atoms in total. The zero-order valence-corrected chi connectivity index (χ0v) is 11.8. The minimum absolute atomic E-state index is 0.0442. The molecule has 2 aromatic carbocycles. The molecule has 0 N–H and O–H groups in total. The maximum atomic E-state index is 13.7. The van der Waals surface area contributed by atoms with Crippen molar-refractivity contribution in [1.29, 1.82) is 0 Å². The molecule has 114 valence electrons. The van der Waals surface area contributed by atoms with Crippen molar-refractivity contribution in [3.05, 3.63) is 65.1 Å². The highest BCUT2D eigenvalue weighted by atomic mass is 19.1. The molecule has 6 heteroatoms. The van der Waals surface area contributed by atoms with Gasteiger partial charge in [0.25, 0.3) is 0 Å². The zero-order valence-electron chi connectivity index (χ0n) is 11.8. The fourth-order valence-corrected chi connectivity index (χ4v) is 2.30. The Balaban J connectivity index is 1.69. The number of halogens is 1. The van der Waals surface area contributed by atoms with Crippen LogP contribution in [0, 0.1) is 5.82 Å². The molecule has 2 aliphatic heterocycles. The first kappa shape index (κ1) is 13.5. The molecule has 0 saturated heterocycles. The van der Waals surface area contributed by atoms with Gasteiger partial charge in [-0.2, -0.15) is 0 Å². The van der Waals surface area contributed by atoms with Crippen molar-refractivity contribution in [2.24, 2.45) is 4.99 Å². The average molecular weight is 311 g/mol. The summed E-state index contributed by atoms with van der Waals surface area (Å²) in [6, 6.07) is 11.2. The Kier molecular flexibility index (Phi) is 3.08. The lowest BCUT2D eigenvalue weighted by Gasteiger charge is -2.01. The van der Waals surface area contributed by atoms with Crippen LogP contribution in [0.3, 0.4) is 0 Å². The van der Waals surface area contributed by atoms with E-state index in [4.69, 9.17) is 14.2 Å². The molecule has 23 heavy (non-hydrogen) atoms. The number of aliphatic imine (C=N–C) groups is 1. The predicted octanol–water partition coefficient (Wildman–Crippen LogP) is 2.90. The molecule has 2 aliphatic rings. The topological polar surface area (TPSA) is 57.1 Å². The first-order chi connectivity index (χ1) is 11.2. The Morgan fingerprint density at radius 1 is 1.09 bits per heavy atom. The Hall–Kier alpha value is -3.15. The normalized spacial score (nSPS) is 17.3. The Bertz CT molecular complexity index is 873. The third-order valence-electron chi connectivity index (χ3n) is 3.44. The molecular formula is C17H10FNO4. The van der Waals surface area contributed by atoms with Gasteiger partial charge >= 0.3 is 5.97 Å². The van der Waals surface area contributed by atoms with Crippen molar-refractivity contribution in [2.75, 3.05) is 6.79 Å². The van der Waals surface area contributed by atoms with Crippen molar-refractivity contribution in [3.63, 3.8) is 0 Å². The monoisotopic (exact) mass is 311 g/mol. The minimum atomic E-state index is -0.624. The van der Waals surface area contributed by atoms with Gasteiger partial charge in [-0.1, -0.05) is 18.2 Å². The lowest BCUT2D eigenvalue weighted by Crippen LogP contribution is -2.05. The van der Waals surface area contributed by atoms with Crippen LogP contribution >= 0.6 is 0 Å². The smallest absolute Gasteiger partial charge is 0.363 e. The van der Waals surface area contributed by atoms with Crippen LogP contribution < -0.4 is 9.47 Å². The molecule has 0 atom stereocenters. The van der Waals surface area contributed by atoms with Crippen LogP contribution in [0.25, 0.3) is 6.08 Å². The summed E-state index contributed by atoms with van der Waals surface area (Å²) in [5.41, 5.74) is 0.900. The maximum Gasteiger partial charge on any atom is 0.363 e. The van der Waals surface area contributed by atoms with Crippen LogP contribution in [-0.2, 0) is 9.53 Å². The first-order valence-corrected chi connectivity index (χ1v) is 6.88. The summed E-state index contributed by atoms with van der Waals surface area (Å²) in [6.07, 6.45) is 1.36. The maximum absolute atomic E-state index is 13.7. The van der Waals surface area contributed by atoms with E-state index < -0.39 is 11.8 Å². The van der Waals surface area contributed by atoms with E-state index in [-0.39, 0.29) is 24.0 Å². The number of carbonyl (C=O) groups excluding carboxylic acids is 1. The molecular weight excluding hydrogens is 301 g/mol. The van der Waals surface area contributed by atoms with E-state index in [0.29, 0.717) is 17.1 Å². The third kappa shape index (κ3) is 2.44. The predicted molar refractivity (Wildman–Crippen MR) is 79.6 cm³/mol. The second-order valence-electron chi connectivity index (χ2n) is 4.93. The molecule has 0 amide bonds.